The van der Waals surface area contributed by atoms with Crippen LogP contribution in [0.25, 0.3) is 0 Å². The molecule has 0 heterocycles. The Kier molecular flexibility index (Phi) is 6.31. The molecular formula is C14H18N2OS. The summed E-state index contributed by atoms with van der Waals surface area (Å²) < 4.78 is 0. The monoisotopic (exact) mass is 262 g/mol. The zero-order valence-electron chi connectivity index (χ0n) is 10.8. The first-order valence-corrected chi connectivity index (χ1v) is 7.10. The molecule has 0 atom stereocenters. The first-order valence-electron chi connectivity index (χ1n) is 5.95. The summed E-state index contributed by atoms with van der Waals surface area (Å²) in [7, 11) is 0. The fourth-order valence-electron chi connectivity index (χ4n) is 1.36. The number of nitrogens with zero attached hydrogens (tertiary/aromatic N) is 1. The number of carbonyl (C=O) groups is 1. The second kappa shape index (κ2) is 7.78. The van der Waals surface area contributed by atoms with Crippen molar-refractivity contribution in [2.75, 3.05) is 12.3 Å². The number of nitriles is 1. The predicted molar refractivity (Wildman–Crippen MR) is 75.2 cm³/mol. The molecular weight excluding hydrogens is 244 g/mol. The van der Waals surface area contributed by atoms with Crippen molar-refractivity contribution in [2.45, 2.75) is 19.6 Å². The van der Waals surface area contributed by atoms with E-state index in [-0.39, 0.29) is 5.91 Å². The third kappa shape index (κ3) is 5.74. The van der Waals surface area contributed by atoms with Gasteiger partial charge < -0.3 is 5.32 Å². The van der Waals surface area contributed by atoms with E-state index in [0.717, 1.165) is 17.9 Å². The molecule has 0 aliphatic heterocycles. The van der Waals surface area contributed by atoms with E-state index in [1.54, 1.807) is 17.8 Å². The van der Waals surface area contributed by atoms with Gasteiger partial charge in [0.1, 0.15) is 0 Å². The summed E-state index contributed by atoms with van der Waals surface area (Å²) in [5.41, 5.74) is 1.74. The van der Waals surface area contributed by atoms with Crippen molar-refractivity contribution in [3.05, 3.63) is 35.4 Å². The van der Waals surface area contributed by atoms with Gasteiger partial charge in [-0.1, -0.05) is 26.0 Å². The maximum Gasteiger partial charge on any atom is 0.230 e. The molecule has 4 heteroatoms. The molecule has 0 bridgehead atoms. The Morgan fingerprint density at radius 2 is 2.28 bits per heavy atom. The Morgan fingerprint density at radius 3 is 2.94 bits per heavy atom. The van der Waals surface area contributed by atoms with Gasteiger partial charge in [-0.05, 0) is 23.6 Å². The van der Waals surface area contributed by atoms with Crippen LogP contribution >= 0.6 is 11.8 Å². The first kappa shape index (κ1) is 14.6. The molecule has 0 radical (unpaired) electrons. The van der Waals surface area contributed by atoms with E-state index in [4.69, 9.17) is 5.26 Å². The number of amides is 1. The lowest BCUT2D eigenvalue weighted by molar-refractivity contribution is -0.118. The highest BCUT2D eigenvalue weighted by Crippen LogP contribution is 2.13. The zero-order chi connectivity index (χ0) is 13.4. The highest BCUT2D eigenvalue weighted by Gasteiger charge is 2.03. The van der Waals surface area contributed by atoms with Crippen LogP contribution in [0.15, 0.2) is 24.3 Å². The maximum atomic E-state index is 11.5. The fourth-order valence-corrected chi connectivity index (χ4v) is 2.17. The van der Waals surface area contributed by atoms with Crippen molar-refractivity contribution in [2.24, 2.45) is 5.92 Å². The van der Waals surface area contributed by atoms with E-state index >= 15 is 0 Å². The molecule has 18 heavy (non-hydrogen) atoms. The molecule has 3 nitrogen and oxygen atoms in total. The minimum absolute atomic E-state index is 0.0742. The molecule has 1 rings (SSSR count). The third-order valence-corrected chi connectivity index (χ3v) is 3.27. The maximum absolute atomic E-state index is 11.5. The van der Waals surface area contributed by atoms with Gasteiger partial charge in [0.05, 0.1) is 17.4 Å². The molecule has 1 N–H and O–H groups in total. The third-order valence-electron chi connectivity index (χ3n) is 2.27. The zero-order valence-corrected chi connectivity index (χ0v) is 11.6. The minimum Gasteiger partial charge on any atom is -0.355 e. The second-order valence-electron chi connectivity index (χ2n) is 4.50. The highest BCUT2D eigenvalue weighted by molar-refractivity contribution is 7.99. The topological polar surface area (TPSA) is 52.9 Å². The van der Waals surface area contributed by atoms with Crippen molar-refractivity contribution in [1.82, 2.24) is 5.32 Å². The summed E-state index contributed by atoms with van der Waals surface area (Å²) in [5.74, 6) is 1.77. The summed E-state index contributed by atoms with van der Waals surface area (Å²) in [4.78, 5) is 11.5. The quantitative estimate of drug-likeness (QED) is 0.857. The molecule has 96 valence electrons. The predicted octanol–water partition coefficient (Wildman–Crippen LogP) is 2.56. The highest BCUT2D eigenvalue weighted by atomic mass is 32.2. The molecule has 0 aliphatic carbocycles. The van der Waals surface area contributed by atoms with E-state index in [1.165, 1.54) is 0 Å². The first-order chi connectivity index (χ1) is 8.61. The fraction of sp³-hybridized carbons (Fsp3) is 0.429. The summed E-state index contributed by atoms with van der Waals surface area (Å²) in [6, 6.07) is 9.59. The number of carbonyl (C=O) groups excluding carboxylic acids is 1. The summed E-state index contributed by atoms with van der Waals surface area (Å²) in [6.45, 7) is 4.87. The van der Waals surface area contributed by atoms with E-state index in [9.17, 15) is 4.79 Å². The smallest absolute Gasteiger partial charge is 0.230 e. The van der Waals surface area contributed by atoms with Crippen LogP contribution in [-0.4, -0.2) is 18.2 Å². The number of hydrogen-bond acceptors (Lipinski definition) is 3. The van der Waals surface area contributed by atoms with Crippen molar-refractivity contribution in [1.29, 1.82) is 5.26 Å². The van der Waals surface area contributed by atoms with Crippen LogP contribution in [0.4, 0.5) is 0 Å². The molecule has 0 aliphatic rings. The SMILES string of the molecule is CC(C)CNC(=O)CSCc1cccc(C#N)c1. The van der Waals surface area contributed by atoms with Crippen LogP contribution in [0.1, 0.15) is 25.0 Å². The lowest BCUT2D eigenvalue weighted by Crippen LogP contribution is -2.28. The van der Waals surface area contributed by atoms with Gasteiger partial charge in [0.2, 0.25) is 5.91 Å². The average molecular weight is 262 g/mol. The van der Waals surface area contributed by atoms with Crippen molar-refractivity contribution in [3.8, 4) is 6.07 Å². The normalized spacial score (nSPS) is 10.1. The van der Waals surface area contributed by atoms with E-state index in [1.807, 2.05) is 18.2 Å². The van der Waals surface area contributed by atoms with Gasteiger partial charge in [-0.3, -0.25) is 4.79 Å². The lowest BCUT2D eigenvalue weighted by atomic mass is 10.2. The van der Waals surface area contributed by atoms with Gasteiger partial charge in [-0.2, -0.15) is 5.26 Å². The number of rotatable bonds is 6. The van der Waals surface area contributed by atoms with E-state index < -0.39 is 0 Å². The Hall–Kier alpha value is -1.47. The number of hydrogen-bond donors (Lipinski definition) is 1. The average Bonchev–Trinajstić information content (AvgIpc) is 2.36. The van der Waals surface area contributed by atoms with Gasteiger partial charge in [0.15, 0.2) is 0 Å². The van der Waals surface area contributed by atoms with Gasteiger partial charge >= 0.3 is 0 Å². The Balaban J connectivity index is 2.29. The van der Waals surface area contributed by atoms with Crippen LogP contribution in [-0.2, 0) is 10.5 Å². The lowest BCUT2D eigenvalue weighted by Gasteiger charge is -2.07. The van der Waals surface area contributed by atoms with Gasteiger partial charge in [-0.15, -0.1) is 11.8 Å². The van der Waals surface area contributed by atoms with Crippen LogP contribution in [0.3, 0.4) is 0 Å². The Labute approximate surface area is 113 Å². The Morgan fingerprint density at radius 1 is 1.50 bits per heavy atom. The van der Waals surface area contributed by atoms with E-state index in [0.29, 0.717) is 17.2 Å². The molecule has 1 aromatic carbocycles. The van der Waals surface area contributed by atoms with Crippen LogP contribution in [0, 0.1) is 17.2 Å². The Bertz CT molecular complexity index is 438. The number of nitrogens with one attached hydrogen (secondary N) is 1. The van der Waals surface area contributed by atoms with Crippen LogP contribution in [0.2, 0.25) is 0 Å². The van der Waals surface area contributed by atoms with Gasteiger partial charge in [0.25, 0.3) is 0 Å². The standard InChI is InChI=1S/C14H18N2OS/c1-11(2)8-16-14(17)10-18-9-13-5-3-4-12(6-13)7-15/h3-6,11H,8-10H2,1-2H3,(H,16,17). The molecule has 1 aromatic rings. The van der Waals surface area contributed by atoms with Gasteiger partial charge in [-0.25, -0.2) is 0 Å². The minimum atomic E-state index is 0.0742. The second-order valence-corrected chi connectivity index (χ2v) is 5.49. The van der Waals surface area contributed by atoms with Crippen molar-refractivity contribution >= 4 is 17.7 Å². The molecule has 0 aromatic heterocycles. The van der Waals surface area contributed by atoms with E-state index in [2.05, 4.69) is 25.2 Å². The molecule has 0 saturated heterocycles. The summed E-state index contributed by atoms with van der Waals surface area (Å²) in [5, 5.41) is 11.7. The largest absolute Gasteiger partial charge is 0.355 e. The number of benzene rings is 1. The van der Waals surface area contributed by atoms with Crippen molar-refractivity contribution in [3.63, 3.8) is 0 Å². The van der Waals surface area contributed by atoms with Crippen LogP contribution in [0.5, 0.6) is 0 Å². The van der Waals surface area contributed by atoms with Gasteiger partial charge in [0, 0.05) is 12.3 Å². The summed E-state index contributed by atoms with van der Waals surface area (Å²) in [6.07, 6.45) is 0. The molecule has 0 spiro atoms. The molecule has 0 saturated carbocycles. The summed E-state index contributed by atoms with van der Waals surface area (Å²) >= 11 is 1.56. The molecule has 1 amide bonds. The molecule has 0 unspecified atom stereocenters. The van der Waals surface area contributed by atoms with Crippen LogP contribution < -0.4 is 5.32 Å². The molecule has 0 fully saturated rings. The number of thioether (sulfide) groups is 1. The van der Waals surface area contributed by atoms with Crippen molar-refractivity contribution < 1.29 is 4.79 Å².